The molecule has 6 heterocycles. The van der Waals surface area contributed by atoms with E-state index in [1.165, 1.54) is 46.8 Å². The zero-order valence-electron chi connectivity index (χ0n) is 12.8. The summed E-state index contributed by atoms with van der Waals surface area (Å²) in [6, 6.07) is 6.68. The van der Waals surface area contributed by atoms with Crippen molar-refractivity contribution in [2.45, 2.75) is 31.8 Å². The van der Waals surface area contributed by atoms with E-state index in [-0.39, 0.29) is 5.60 Å². The van der Waals surface area contributed by atoms with E-state index in [2.05, 4.69) is 35.0 Å². The predicted octanol–water partition coefficient (Wildman–Crippen LogP) is 3.52. The lowest BCUT2D eigenvalue weighted by Crippen LogP contribution is -2.61. The largest absolute Gasteiger partial charge is 0.469 e. The number of aromatic nitrogens is 1. The number of hydrogen-bond acceptors (Lipinski definition) is 4. The normalized spacial score (nSPS) is 32.2. The van der Waals surface area contributed by atoms with Gasteiger partial charge in [0.15, 0.2) is 0 Å². The van der Waals surface area contributed by atoms with Gasteiger partial charge in [0.1, 0.15) is 5.60 Å². The molecule has 0 amide bonds. The number of nitrogens with zero attached hydrogens (tertiary/aromatic N) is 2. The third-order valence-electron chi connectivity index (χ3n) is 5.56. The van der Waals surface area contributed by atoms with Gasteiger partial charge in [0.2, 0.25) is 5.88 Å². The summed E-state index contributed by atoms with van der Waals surface area (Å²) in [5.74, 6) is 1.59. The first-order chi connectivity index (χ1) is 10.7. The maximum absolute atomic E-state index is 6.42. The molecule has 6 rings (SSSR count). The minimum Gasteiger partial charge on any atom is -0.469 e. The summed E-state index contributed by atoms with van der Waals surface area (Å²) in [7, 11) is 0. The van der Waals surface area contributed by atoms with E-state index in [9.17, 15) is 0 Å². The fourth-order valence-electron chi connectivity index (χ4n) is 4.43. The second-order valence-electron chi connectivity index (χ2n) is 6.99. The Balaban J connectivity index is 1.49. The van der Waals surface area contributed by atoms with Crippen molar-refractivity contribution in [2.75, 3.05) is 19.6 Å². The average molecular weight is 312 g/mol. The van der Waals surface area contributed by atoms with Crippen LogP contribution >= 0.6 is 11.3 Å². The molecule has 1 spiro atoms. The second kappa shape index (κ2) is 4.56. The van der Waals surface area contributed by atoms with E-state index in [0.717, 1.165) is 18.8 Å². The van der Waals surface area contributed by atoms with Gasteiger partial charge in [-0.25, -0.2) is 4.98 Å². The SMILES string of the molecule is Cc1ccc(-c2cnc3c(c2)CC2(CN4CCC2CC4)O3)s1. The monoisotopic (exact) mass is 312 g/mol. The fraction of sp³-hybridized carbons (Fsp3) is 0.500. The Morgan fingerprint density at radius 1 is 1.32 bits per heavy atom. The molecule has 1 atom stereocenters. The van der Waals surface area contributed by atoms with Gasteiger partial charge < -0.3 is 4.74 Å². The van der Waals surface area contributed by atoms with Gasteiger partial charge >= 0.3 is 0 Å². The molecule has 3 saturated heterocycles. The molecule has 2 aromatic rings. The van der Waals surface area contributed by atoms with Crippen molar-refractivity contribution < 1.29 is 4.74 Å². The lowest BCUT2D eigenvalue weighted by atomic mass is 9.73. The third kappa shape index (κ3) is 1.87. The minimum atomic E-state index is 0.00975. The quantitative estimate of drug-likeness (QED) is 0.805. The number of pyridine rings is 1. The summed E-state index contributed by atoms with van der Waals surface area (Å²) in [4.78, 5) is 9.86. The maximum atomic E-state index is 6.42. The Hall–Kier alpha value is -1.39. The van der Waals surface area contributed by atoms with Gasteiger partial charge in [-0.05, 0) is 51.1 Å². The number of piperidine rings is 3. The minimum absolute atomic E-state index is 0.00975. The fourth-order valence-corrected chi connectivity index (χ4v) is 5.28. The first-order valence-corrected chi connectivity index (χ1v) is 9.01. The highest BCUT2D eigenvalue weighted by Crippen LogP contribution is 2.46. The van der Waals surface area contributed by atoms with E-state index in [1.807, 2.05) is 17.5 Å². The summed E-state index contributed by atoms with van der Waals surface area (Å²) >= 11 is 1.84. The van der Waals surface area contributed by atoms with Gasteiger partial charge in [-0.15, -0.1) is 11.3 Å². The van der Waals surface area contributed by atoms with Crippen molar-refractivity contribution in [3.8, 4) is 16.3 Å². The summed E-state index contributed by atoms with van der Waals surface area (Å²) < 4.78 is 6.42. The van der Waals surface area contributed by atoms with Gasteiger partial charge in [-0.3, -0.25) is 4.90 Å². The van der Waals surface area contributed by atoms with Crippen LogP contribution in [0.2, 0.25) is 0 Å². The van der Waals surface area contributed by atoms with Crippen molar-refractivity contribution in [1.29, 1.82) is 0 Å². The molecule has 0 aromatic carbocycles. The van der Waals surface area contributed by atoms with Crippen LogP contribution in [0, 0.1) is 12.8 Å². The van der Waals surface area contributed by atoms with Gasteiger partial charge in [0.25, 0.3) is 0 Å². The third-order valence-corrected chi connectivity index (χ3v) is 6.61. The molecule has 4 heteroatoms. The van der Waals surface area contributed by atoms with Crippen LogP contribution in [0.3, 0.4) is 0 Å². The molecule has 3 fully saturated rings. The van der Waals surface area contributed by atoms with Gasteiger partial charge in [0.05, 0.1) is 0 Å². The van der Waals surface area contributed by atoms with E-state index in [1.54, 1.807) is 0 Å². The van der Waals surface area contributed by atoms with Crippen LogP contribution in [0.4, 0.5) is 0 Å². The molecule has 3 nitrogen and oxygen atoms in total. The first kappa shape index (κ1) is 13.1. The molecule has 0 aliphatic carbocycles. The van der Waals surface area contributed by atoms with Crippen LogP contribution in [-0.2, 0) is 6.42 Å². The highest BCUT2D eigenvalue weighted by Gasteiger charge is 2.52. The molecule has 4 aliphatic heterocycles. The van der Waals surface area contributed by atoms with Crippen molar-refractivity contribution in [2.24, 2.45) is 5.92 Å². The van der Waals surface area contributed by atoms with Gasteiger partial charge in [-0.1, -0.05) is 0 Å². The smallest absolute Gasteiger partial charge is 0.217 e. The summed E-state index contributed by atoms with van der Waals surface area (Å²) in [5.41, 5.74) is 2.55. The molecule has 0 radical (unpaired) electrons. The zero-order chi connectivity index (χ0) is 14.7. The summed E-state index contributed by atoms with van der Waals surface area (Å²) in [6.45, 7) is 5.74. The van der Waals surface area contributed by atoms with Crippen molar-refractivity contribution >= 4 is 11.3 Å². The topological polar surface area (TPSA) is 25.4 Å². The van der Waals surface area contributed by atoms with Crippen molar-refractivity contribution in [3.63, 3.8) is 0 Å². The van der Waals surface area contributed by atoms with Gasteiger partial charge in [-0.2, -0.15) is 0 Å². The average Bonchev–Trinajstić information content (AvgIpc) is 3.11. The molecule has 22 heavy (non-hydrogen) atoms. The molecule has 1 unspecified atom stereocenters. The van der Waals surface area contributed by atoms with E-state index < -0.39 is 0 Å². The number of hydrogen-bond donors (Lipinski definition) is 0. The molecular formula is C18H20N2OS. The molecule has 114 valence electrons. The first-order valence-electron chi connectivity index (χ1n) is 8.19. The Morgan fingerprint density at radius 2 is 2.18 bits per heavy atom. The van der Waals surface area contributed by atoms with E-state index in [4.69, 9.17) is 4.74 Å². The Labute approximate surface area is 134 Å². The molecule has 0 N–H and O–H groups in total. The number of fused-ring (bicyclic) bond motifs is 3. The molecule has 2 aromatic heterocycles. The van der Waals surface area contributed by atoms with Crippen LogP contribution in [0.25, 0.3) is 10.4 Å². The van der Waals surface area contributed by atoms with Crippen molar-refractivity contribution in [3.05, 3.63) is 34.8 Å². The lowest BCUT2D eigenvalue weighted by molar-refractivity contribution is -0.0814. The Morgan fingerprint density at radius 3 is 2.86 bits per heavy atom. The maximum Gasteiger partial charge on any atom is 0.217 e. The van der Waals surface area contributed by atoms with Gasteiger partial charge in [0, 0.05) is 46.0 Å². The molecule has 4 aliphatic rings. The number of aryl methyl sites for hydroxylation is 1. The zero-order valence-corrected chi connectivity index (χ0v) is 13.7. The van der Waals surface area contributed by atoms with E-state index >= 15 is 0 Å². The Kier molecular flexibility index (Phi) is 2.71. The molecular weight excluding hydrogens is 292 g/mol. The number of thiophene rings is 1. The van der Waals surface area contributed by atoms with E-state index in [0.29, 0.717) is 5.92 Å². The number of rotatable bonds is 1. The second-order valence-corrected chi connectivity index (χ2v) is 8.28. The summed E-state index contributed by atoms with van der Waals surface area (Å²) in [6.07, 6.45) is 5.58. The van der Waals surface area contributed by atoms with Crippen molar-refractivity contribution in [1.82, 2.24) is 9.88 Å². The predicted molar refractivity (Wildman–Crippen MR) is 88.5 cm³/mol. The highest BCUT2D eigenvalue weighted by molar-refractivity contribution is 7.15. The van der Waals surface area contributed by atoms with Crippen LogP contribution in [0.5, 0.6) is 5.88 Å². The Bertz CT molecular complexity index is 732. The lowest BCUT2D eigenvalue weighted by Gasteiger charge is -2.50. The summed E-state index contributed by atoms with van der Waals surface area (Å²) in [5, 5.41) is 0. The molecule has 2 bridgehead atoms. The van der Waals surface area contributed by atoms with Crippen LogP contribution in [0.1, 0.15) is 23.3 Å². The van der Waals surface area contributed by atoms with Crippen LogP contribution < -0.4 is 4.74 Å². The van der Waals surface area contributed by atoms with Crippen LogP contribution in [0.15, 0.2) is 24.4 Å². The van der Waals surface area contributed by atoms with Crippen LogP contribution in [-0.4, -0.2) is 35.1 Å². The highest BCUT2D eigenvalue weighted by atomic mass is 32.1. The molecule has 0 saturated carbocycles. The standard InChI is InChI=1S/C18H20N2OS/c1-12-2-3-16(22-12)14-8-13-9-18(21-17(13)19-10-14)11-20-6-4-15(18)5-7-20/h2-3,8,10,15H,4-7,9,11H2,1H3. The number of ether oxygens (including phenoxy) is 1.